The fourth-order valence-corrected chi connectivity index (χ4v) is 1.40. The Bertz CT molecular complexity index is 521. The molecule has 0 aliphatic carbocycles. The van der Waals surface area contributed by atoms with Crippen molar-refractivity contribution in [3.63, 3.8) is 0 Å². The molecule has 0 unspecified atom stereocenters. The first kappa shape index (κ1) is 16.4. The van der Waals surface area contributed by atoms with E-state index in [1.54, 1.807) is 20.8 Å². The van der Waals surface area contributed by atoms with Crippen LogP contribution in [0, 0.1) is 11.6 Å². The number of amides is 2. The van der Waals surface area contributed by atoms with Gasteiger partial charge in [-0.2, -0.15) is 0 Å². The lowest BCUT2D eigenvalue weighted by Crippen LogP contribution is -2.44. The summed E-state index contributed by atoms with van der Waals surface area (Å²) in [7, 11) is 0. The number of rotatable bonds is 1. The molecule has 0 radical (unpaired) electrons. The van der Waals surface area contributed by atoms with E-state index in [0.29, 0.717) is 0 Å². The lowest BCUT2D eigenvalue weighted by Gasteiger charge is -2.19. The van der Waals surface area contributed by atoms with Crippen molar-refractivity contribution in [2.45, 2.75) is 26.4 Å². The van der Waals surface area contributed by atoms with E-state index in [-0.39, 0.29) is 10.0 Å². The minimum Gasteiger partial charge on any atom is -0.443 e. The van der Waals surface area contributed by atoms with E-state index in [1.165, 1.54) is 0 Å². The van der Waals surface area contributed by atoms with Gasteiger partial charge in [-0.1, -0.05) is 0 Å². The van der Waals surface area contributed by atoms with Crippen LogP contribution in [-0.2, 0) is 4.74 Å². The van der Waals surface area contributed by atoms with Crippen LogP contribution in [0.2, 0.25) is 0 Å². The molecule has 0 spiro atoms. The van der Waals surface area contributed by atoms with E-state index < -0.39 is 29.2 Å². The monoisotopic (exact) mass is 350 g/mol. The molecule has 0 saturated heterocycles. The van der Waals surface area contributed by atoms with E-state index in [4.69, 9.17) is 4.74 Å². The van der Waals surface area contributed by atoms with Gasteiger partial charge in [0.05, 0.1) is 4.47 Å². The smallest absolute Gasteiger partial charge is 0.426 e. The van der Waals surface area contributed by atoms with Crippen LogP contribution < -0.4 is 10.9 Å². The molecule has 20 heavy (non-hydrogen) atoms. The van der Waals surface area contributed by atoms with Gasteiger partial charge in [0.1, 0.15) is 17.2 Å². The Morgan fingerprint density at radius 3 is 2.10 bits per heavy atom. The van der Waals surface area contributed by atoms with Gasteiger partial charge in [0, 0.05) is 5.56 Å². The van der Waals surface area contributed by atoms with Gasteiger partial charge in [-0.3, -0.25) is 10.2 Å². The molecule has 110 valence electrons. The quantitative estimate of drug-likeness (QED) is 0.604. The van der Waals surface area contributed by atoms with Crippen molar-refractivity contribution in [3.05, 3.63) is 33.8 Å². The largest absolute Gasteiger partial charge is 0.443 e. The maximum Gasteiger partial charge on any atom is 0.426 e. The lowest BCUT2D eigenvalue weighted by molar-refractivity contribution is 0.0483. The molecule has 0 fully saturated rings. The van der Waals surface area contributed by atoms with Crippen LogP contribution in [0.15, 0.2) is 16.6 Å². The number of nitrogens with one attached hydrogen (secondary N) is 2. The zero-order valence-electron chi connectivity index (χ0n) is 11.0. The summed E-state index contributed by atoms with van der Waals surface area (Å²) in [5.74, 6) is -2.72. The molecule has 0 aromatic heterocycles. The number of benzene rings is 1. The number of hydrogen-bond acceptors (Lipinski definition) is 3. The number of carbonyl (C=O) groups is 2. The summed E-state index contributed by atoms with van der Waals surface area (Å²) >= 11 is 2.69. The van der Waals surface area contributed by atoms with Crippen LogP contribution in [0.3, 0.4) is 0 Å². The summed E-state index contributed by atoms with van der Waals surface area (Å²) in [4.78, 5) is 22.9. The molecular formula is C12H13BrF2N2O3. The number of hydrazine groups is 1. The highest BCUT2D eigenvalue weighted by atomic mass is 79.9. The van der Waals surface area contributed by atoms with Crippen molar-refractivity contribution in [1.82, 2.24) is 10.9 Å². The molecule has 0 saturated carbocycles. The molecule has 0 bridgehead atoms. The van der Waals surface area contributed by atoms with Gasteiger partial charge in [0.15, 0.2) is 0 Å². The summed E-state index contributed by atoms with van der Waals surface area (Å²) in [6.45, 7) is 4.94. The average molecular weight is 351 g/mol. The van der Waals surface area contributed by atoms with E-state index >= 15 is 0 Å². The second-order valence-electron chi connectivity index (χ2n) is 4.83. The number of ether oxygens (including phenoxy) is 1. The lowest BCUT2D eigenvalue weighted by atomic mass is 10.2. The van der Waals surface area contributed by atoms with Crippen molar-refractivity contribution in [2.75, 3.05) is 0 Å². The summed E-state index contributed by atoms with van der Waals surface area (Å²) in [5, 5.41) is 0. The Labute approximate surface area is 122 Å². The summed E-state index contributed by atoms with van der Waals surface area (Å²) in [6.07, 6.45) is -0.885. The van der Waals surface area contributed by atoms with Gasteiger partial charge in [-0.05, 0) is 48.8 Å². The van der Waals surface area contributed by atoms with Crippen molar-refractivity contribution in [3.8, 4) is 0 Å². The molecule has 8 heteroatoms. The standard InChI is InChI=1S/C12H13BrF2N2O3/c1-12(2,3)20-11(19)17-16-10(18)6-4-7(14)9(13)8(15)5-6/h4-5H,1-3H3,(H,16,18)(H,17,19). The number of halogens is 3. The summed E-state index contributed by atoms with van der Waals surface area (Å²) in [5.41, 5.74) is 2.95. The average Bonchev–Trinajstić information content (AvgIpc) is 2.30. The molecular weight excluding hydrogens is 338 g/mol. The molecule has 5 nitrogen and oxygen atoms in total. The van der Waals surface area contributed by atoms with Gasteiger partial charge in [0.2, 0.25) is 0 Å². The van der Waals surface area contributed by atoms with Crippen LogP contribution in [-0.4, -0.2) is 17.6 Å². The third-order valence-electron chi connectivity index (χ3n) is 1.92. The minimum absolute atomic E-state index is 0.278. The number of hydrogen-bond donors (Lipinski definition) is 2. The van der Waals surface area contributed by atoms with E-state index in [1.807, 2.05) is 10.9 Å². The van der Waals surface area contributed by atoms with Crippen molar-refractivity contribution >= 4 is 27.9 Å². The zero-order valence-corrected chi connectivity index (χ0v) is 12.6. The maximum absolute atomic E-state index is 13.2. The molecule has 1 aromatic rings. The van der Waals surface area contributed by atoms with Crippen LogP contribution in [0.4, 0.5) is 13.6 Å². The Morgan fingerprint density at radius 2 is 1.65 bits per heavy atom. The van der Waals surface area contributed by atoms with Gasteiger partial charge in [-0.25, -0.2) is 19.0 Å². The first-order chi connectivity index (χ1) is 9.10. The maximum atomic E-state index is 13.2. The van der Waals surface area contributed by atoms with Crippen LogP contribution in [0.1, 0.15) is 31.1 Å². The SMILES string of the molecule is CC(C)(C)OC(=O)NNC(=O)c1cc(F)c(Br)c(F)c1. The second-order valence-corrected chi connectivity index (χ2v) is 5.63. The molecule has 0 heterocycles. The predicted molar refractivity (Wildman–Crippen MR) is 70.9 cm³/mol. The molecule has 0 aliphatic rings. The fraction of sp³-hybridized carbons (Fsp3) is 0.333. The Morgan fingerprint density at radius 1 is 1.15 bits per heavy atom. The predicted octanol–water partition coefficient (Wildman–Crippen LogP) is 2.90. The second kappa shape index (κ2) is 6.17. The van der Waals surface area contributed by atoms with Crippen LogP contribution in [0.25, 0.3) is 0 Å². The highest BCUT2D eigenvalue weighted by Crippen LogP contribution is 2.20. The molecule has 0 atom stereocenters. The summed E-state index contributed by atoms with van der Waals surface area (Å²) in [6, 6.07) is 1.67. The van der Waals surface area contributed by atoms with Crippen LogP contribution >= 0.6 is 15.9 Å². The first-order valence-corrected chi connectivity index (χ1v) is 6.33. The van der Waals surface area contributed by atoms with Crippen molar-refractivity contribution in [2.24, 2.45) is 0 Å². The first-order valence-electron chi connectivity index (χ1n) is 5.54. The van der Waals surface area contributed by atoms with E-state index in [0.717, 1.165) is 12.1 Å². The van der Waals surface area contributed by atoms with Gasteiger partial charge in [-0.15, -0.1) is 0 Å². The highest BCUT2D eigenvalue weighted by molar-refractivity contribution is 9.10. The van der Waals surface area contributed by atoms with Gasteiger partial charge >= 0.3 is 6.09 Å². The van der Waals surface area contributed by atoms with Crippen molar-refractivity contribution in [1.29, 1.82) is 0 Å². The van der Waals surface area contributed by atoms with E-state index in [9.17, 15) is 18.4 Å². The topological polar surface area (TPSA) is 67.4 Å². The Kier molecular flexibility index (Phi) is 5.04. The zero-order chi connectivity index (χ0) is 15.5. The number of carbonyl (C=O) groups excluding carboxylic acids is 2. The Balaban J connectivity index is 2.66. The summed E-state index contributed by atoms with van der Waals surface area (Å²) < 4.78 is 31.0. The third-order valence-corrected chi connectivity index (χ3v) is 2.68. The van der Waals surface area contributed by atoms with E-state index in [2.05, 4.69) is 15.9 Å². The van der Waals surface area contributed by atoms with Crippen molar-refractivity contribution < 1.29 is 23.1 Å². The molecule has 2 N–H and O–H groups in total. The third kappa shape index (κ3) is 4.76. The Hall–Kier alpha value is -1.70. The molecule has 0 aliphatic heterocycles. The fourth-order valence-electron chi connectivity index (χ4n) is 1.17. The van der Waals surface area contributed by atoms with Crippen LogP contribution in [0.5, 0.6) is 0 Å². The van der Waals surface area contributed by atoms with Gasteiger partial charge < -0.3 is 4.74 Å². The minimum atomic E-state index is -0.924. The highest BCUT2D eigenvalue weighted by Gasteiger charge is 2.18. The molecule has 1 rings (SSSR count). The molecule has 1 aromatic carbocycles. The molecule has 2 amide bonds. The van der Waals surface area contributed by atoms with Gasteiger partial charge in [0.25, 0.3) is 5.91 Å². The normalized spacial score (nSPS) is 10.9.